The Morgan fingerprint density at radius 1 is 1.26 bits per heavy atom. The first-order valence-electron chi connectivity index (χ1n) is 8.30. The highest BCUT2D eigenvalue weighted by Crippen LogP contribution is 2.07. The predicted molar refractivity (Wildman–Crippen MR) is 91.5 cm³/mol. The third-order valence-corrected chi connectivity index (χ3v) is 4.43. The first-order valence-corrected chi connectivity index (χ1v) is 8.30. The quantitative estimate of drug-likeness (QED) is 0.834. The van der Waals surface area contributed by atoms with Gasteiger partial charge in [-0.2, -0.15) is 0 Å². The van der Waals surface area contributed by atoms with E-state index in [9.17, 15) is 5.11 Å². The minimum Gasteiger partial charge on any atom is -0.390 e. The molecule has 126 valence electrons. The summed E-state index contributed by atoms with van der Waals surface area (Å²) in [6.45, 7) is 6.44. The summed E-state index contributed by atoms with van der Waals surface area (Å²) >= 11 is 0. The van der Waals surface area contributed by atoms with E-state index < -0.39 is 0 Å². The smallest absolute Gasteiger partial charge is 0.137 e. The molecule has 0 radical (unpaired) electrons. The summed E-state index contributed by atoms with van der Waals surface area (Å²) in [5.41, 5.74) is 2.00. The Kier molecular flexibility index (Phi) is 5.27. The van der Waals surface area contributed by atoms with E-state index in [1.165, 1.54) is 0 Å². The average Bonchev–Trinajstić information content (AvgIpc) is 2.91. The SMILES string of the molecule is CN1CCN(CC(O)CN(C)Cc2cn3ccccc3n2)CC1. The molecule has 0 bridgehead atoms. The lowest BCUT2D eigenvalue weighted by atomic mass is 10.2. The number of hydrogen-bond donors (Lipinski definition) is 1. The van der Waals surface area contributed by atoms with Crippen LogP contribution in [0, 0.1) is 0 Å². The number of rotatable bonds is 6. The summed E-state index contributed by atoms with van der Waals surface area (Å²) in [6.07, 6.45) is 3.74. The van der Waals surface area contributed by atoms with Crippen LogP contribution in [0.15, 0.2) is 30.6 Å². The van der Waals surface area contributed by atoms with Crippen molar-refractivity contribution in [2.24, 2.45) is 0 Å². The molecule has 6 heteroatoms. The summed E-state index contributed by atoms with van der Waals surface area (Å²) in [7, 11) is 4.19. The molecule has 0 aromatic carbocycles. The van der Waals surface area contributed by atoms with Gasteiger partial charge in [0, 0.05) is 58.2 Å². The fourth-order valence-corrected chi connectivity index (χ4v) is 3.15. The Bertz CT molecular complexity index is 587. The minimum absolute atomic E-state index is 0.319. The number of aliphatic hydroxyl groups is 1. The molecule has 1 N–H and O–H groups in total. The van der Waals surface area contributed by atoms with Gasteiger partial charge >= 0.3 is 0 Å². The van der Waals surface area contributed by atoms with Crippen molar-refractivity contribution in [1.82, 2.24) is 24.1 Å². The number of nitrogens with zero attached hydrogens (tertiary/aromatic N) is 5. The Labute approximate surface area is 137 Å². The van der Waals surface area contributed by atoms with Gasteiger partial charge in [0.15, 0.2) is 0 Å². The summed E-state index contributed by atoms with van der Waals surface area (Å²) in [5, 5.41) is 10.3. The van der Waals surface area contributed by atoms with Crippen LogP contribution in [0.3, 0.4) is 0 Å². The molecule has 23 heavy (non-hydrogen) atoms. The van der Waals surface area contributed by atoms with Gasteiger partial charge in [-0.05, 0) is 26.2 Å². The van der Waals surface area contributed by atoms with Crippen LogP contribution in [0.2, 0.25) is 0 Å². The van der Waals surface area contributed by atoms with E-state index >= 15 is 0 Å². The summed E-state index contributed by atoms with van der Waals surface area (Å²) in [4.78, 5) is 11.4. The van der Waals surface area contributed by atoms with Gasteiger partial charge in [0.05, 0.1) is 11.8 Å². The molecule has 3 heterocycles. The number of β-amino-alcohol motifs (C(OH)–C–C–N with tert-alkyl or cyclic N) is 1. The van der Waals surface area contributed by atoms with Crippen molar-refractivity contribution in [3.63, 3.8) is 0 Å². The molecule has 2 aromatic rings. The first-order chi connectivity index (χ1) is 11.1. The van der Waals surface area contributed by atoms with Gasteiger partial charge in [0.2, 0.25) is 0 Å². The third kappa shape index (κ3) is 4.51. The maximum Gasteiger partial charge on any atom is 0.137 e. The average molecular weight is 317 g/mol. The summed E-state index contributed by atoms with van der Waals surface area (Å²) in [6, 6.07) is 6.00. The molecule has 2 aromatic heterocycles. The molecule has 1 unspecified atom stereocenters. The van der Waals surface area contributed by atoms with Gasteiger partial charge in [-0.25, -0.2) is 4.98 Å². The topological polar surface area (TPSA) is 47.2 Å². The number of piperazine rings is 1. The fourth-order valence-electron chi connectivity index (χ4n) is 3.15. The standard InChI is InChI=1S/C17H27N5O/c1-19-7-9-21(10-8-19)14-16(23)13-20(2)11-15-12-22-6-4-3-5-17(22)18-15/h3-6,12,16,23H,7-11,13-14H2,1-2H3. The number of pyridine rings is 1. The van der Waals surface area contributed by atoms with E-state index in [0.717, 1.165) is 50.6 Å². The van der Waals surface area contributed by atoms with Gasteiger partial charge < -0.3 is 14.4 Å². The third-order valence-electron chi connectivity index (χ3n) is 4.43. The zero-order chi connectivity index (χ0) is 16.2. The van der Waals surface area contributed by atoms with E-state index in [1.807, 2.05) is 35.8 Å². The van der Waals surface area contributed by atoms with Crippen molar-refractivity contribution >= 4 is 5.65 Å². The highest BCUT2D eigenvalue weighted by molar-refractivity contribution is 5.39. The molecular weight excluding hydrogens is 290 g/mol. The van der Waals surface area contributed by atoms with E-state index in [-0.39, 0.29) is 6.10 Å². The van der Waals surface area contributed by atoms with E-state index in [0.29, 0.717) is 6.54 Å². The minimum atomic E-state index is -0.319. The number of aromatic nitrogens is 2. The van der Waals surface area contributed by atoms with Crippen LogP contribution in [-0.4, -0.2) is 88.7 Å². The van der Waals surface area contributed by atoms with Crippen LogP contribution >= 0.6 is 0 Å². The van der Waals surface area contributed by atoms with Crippen molar-refractivity contribution in [2.45, 2.75) is 12.6 Å². The number of hydrogen-bond acceptors (Lipinski definition) is 5. The molecule has 6 nitrogen and oxygen atoms in total. The Morgan fingerprint density at radius 3 is 2.78 bits per heavy atom. The van der Waals surface area contributed by atoms with Gasteiger partial charge in [0.1, 0.15) is 5.65 Å². The van der Waals surface area contributed by atoms with Crippen molar-refractivity contribution in [3.8, 4) is 0 Å². The van der Waals surface area contributed by atoms with Gasteiger partial charge in [0.25, 0.3) is 0 Å². The van der Waals surface area contributed by atoms with Crippen LogP contribution < -0.4 is 0 Å². The molecule has 0 saturated carbocycles. The molecule has 1 saturated heterocycles. The molecule has 0 spiro atoms. The second-order valence-electron chi connectivity index (χ2n) is 6.65. The lowest BCUT2D eigenvalue weighted by molar-refractivity contribution is 0.0592. The maximum absolute atomic E-state index is 10.3. The molecule has 1 aliphatic heterocycles. The lowest BCUT2D eigenvalue weighted by Crippen LogP contribution is -2.48. The highest BCUT2D eigenvalue weighted by Gasteiger charge is 2.18. The van der Waals surface area contributed by atoms with Crippen molar-refractivity contribution in [3.05, 3.63) is 36.3 Å². The van der Waals surface area contributed by atoms with Crippen molar-refractivity contribution < 1.29 is 5.11 Å². The predicted octanol–water partition coefficient (Wildman–Crippen LogP) is 0.374. The second kappa shape index (κ2) is 7.40. The number of fused-ring (bicyclic) bond motifs is 1. The van der Waals surface area contributed by atoms with Crippen LogP contribution in [-0.2, 0) is 6.54 Å². The van der Waals surface area contributed by atoms with Crippen LogP contribution in [0.1, 0.15) is 5.69 Å². The Morgan fingerprint density at radius 2 is 2.04 bits per heavy atom. The van der Waals surface area contributed by atoms with Crippen LogP contribution in [0.5, 0.6) is 0 Å². The number of aliphatic hydroxyl groups excluding tert-OH is 1. The van der Waals surface area contributed by atoms with E-state index in [4.69, 9.17) is 0 Å². The Hall–Kier alpha value is -1.47. The molecule has 0 aliphatic carbocycles. The lowest BCUT2D eigenvalue weighted by Gasteiger charge is -2.34. The number of likely N-dealkylation sites (N-methyl/N-ethyl adjacent to an activating group) is 2. The molecule has 3 rings (SSSR count). The zero-order valence-electron chi connectivity index (χ0n) is 14.1. The van der Waals surface area contributed by atoms with Gasteiger partial charge in [-0.1, -0.05) is 6.07 Å². The molecule has 1 fully saturated rings. The van der Waals surface area contributed by atoms with Crippen molar-refractivity contribution in [1.29, 1.82) is 0 Å². The van der Waals surface area contributed by atoms with E-state index in [2.05, 4.69) is 32.9 Å². The highest BCUT2D eigenvalue weighted by atomic mass is 16.3. The molecular formula is C17H27N5O. The zero-order valence-corrected chi connectivity index (χ0v) is 14.1. The molecule has 0 amide bonds. The normalized spacial score (nSPS) is 18.8. The number of imidazole rings is 1. The first kappa shape index (κ1) is 16.4. The summed E-state index contributed by atoms with van der Waals surface area (Å²) < 4.78 is 2.03. The van der Waals surface area contributed by atoms with E-state index in [1.54, 1.807) is 0 Å². The van der Waals surface area contributed by atoms with Crippen molar-refractivity contribution in [2.75, 3.05) is 53.4 Å². The van der Waals surface area contributed by atoms with Gasteiger partial charge in [-0.3, -0.25) is 9.80 Å². The van der Waals surface area contributed by atoms with Crippen LogP contribution in [0.4, 0.5) is 0 Å². The molecule has 1 aliphatic rings. The largest absolute Gasteiger partial charge is 0.390 e. The van der Waals surface area contributed by atoms with Gasteiger partial charge in [-0.15, -0.1) is 0 Å². The second-order valence-corrected chi connectivity index (χ2v) is 6.65. The summed E-state index contributed by atoms with van der Waals surface area (Å²) in [5.74, 6) is 0. The monoisotopic (exact) mass is 317 g/mol. The maximum atomic E-state index is 10.3. The molecule has 1 atom stereocenters. The van der Waals surface area contributed by atoms with Crippen LogP contribution in [0.25, 0.3) is 5.65 Å². The fraction of sp³-hybridized carbons (Fsp3) is 0.588. The Balaban J connectivity index is 1.47.